The largest absolute Gasteiger partial charge is 0.338 e. The van der Waals surface area contributed by atoms with Crippen LogP contribution in [-0.2, 0) is 0 Å². The van der Waals surface area contributed by atoms with Crippen molar-refractivity contribution in [3.63, 3.8) is 0 Å². The monoisotopic (exact) mass is 347 g/mol. The molecule has 0 saturated carbocycles. The van der Waals surface area contributed by atoms with Crippen molar-refractivity contribution in [3.8, 4) is 0 Å². The lowest BCUT2D eigenvalue weighted by molar-refractivity contribution is 0.0768. The summed E-state index contributed by atoms with van der Waals surface area (Å²) >= 11 is 4.19. The smallest absolute Gasteiger partial charge is 0.253 e. The standard InChI is InChI=1S/C12H14INOS/c13-11-4-2-10(3-5-11)12(15)14-6-1-8-16-9-7-14/h2-5H,1,6-9H2. The molecule has 16 heavy (non-hydrogen) atoms. The third kappa shape index (κ3) is 3.13. The molecule has 1 amide bonds. The summed E-state index contributed by atoms with van der Waals surface area (Å²) in [5.41, 5.74) is 0.812. The zero-order valence-corrected chi connectivity index (χ0v) is 12.0. The van der Waals surface area contributed by atoms with E-state index in [1.165, 1.54) is 9.32 Å². The van der Waals surface area contributed by atoms with Gasteiger partial charge < -0.3 is 4.90 Å². The maximum Gasteiger partial charge on any atom is 0.253 e. The topological polar surface area (TPSA) is 20.3 Å². The van der Waals surface area contributed by atoms with Gasteiger partial charge in [-0.2, -0.15) is 11.8 Å². The fraction of sp³-hybridized carbons (Fsp3) is 0.417. The van der Waals surface area contributed by atoms with Crippen LogP contribution in [0.5, 0.6) is 0 Å². The lowest BCUT2D eigenvalue weighted by Gasteiger charge is -2.19. The van der Waals surface area contributed by atoms with Crippen molar-refractivity contribution < 1.29 is 4.79 Å². The lowest BCUT2D eigenvalue weighted by Crippen LogP contribution is -2.32. The van der Waals surface area contributed by atoms with Gasteiger partial charge in [-0.05, 0) is 59.0 Å². The summed E-state index contributed by atoms with van der Waals surface area (Å²) in [5, 5.41) is 0. The molecule has 86 valence electrons. The average Bonchev–Trinajstić information content (AvgIpc) is 2.57. The molecule has 1 saturated heterocycles. The summed E-state index contributed by atoms with van der Waals surface area (Å²) in [6, 6.07) is 7.81. The van der Waals surface area contributed by atoms with Crippen LogP contribution in [0.25, 0.3) is 0 Å². The molecule has 1 aromatic carbocycles. The quantitative estimate of drug-likeness (QED) is 0.728. The molecule has 1 aliphatic rings. The minimum atomic E-state index is 0.180. The molecule has 2 rings (SSSR count). The van der Waals surface area contributed by atoms with E-state index in [1.807, 2.05) is 40.9 Å². The number of hydrogen-bond donors (Lipinski definition) is 0. The zero-order valence-electron chi connectivity index (χ0n) is 8.99. The van der Waals surface area contributed by atoms with Gasteiger partial charge in [-0.1, -0.05) is 0 Å². The highest BCUT2D eigenvalue weighted by atomic mass is 127. The maximum atomic E-state index is 12.2. The van der Waals surface area contributed by atoms with Gasteiger partial charge in [-0.25, -0.2) is 0 Å². The summed E-state index contributed by atoms with van der Waals surface area (Å²) < 4.78 is 1.17. The molecule has 0 radical (unpaired) electrons. The van der Waals surface area contributed by atoms with Gasteiger partial charge in [-0.3, -0.25) is 4.79 Å². The number of benzene rings is 1. The second kappa shape index (κ2) is 5.91. The Bertz CT molecular complexity index is 358. The van der Waals surface area contributed by atoms with Crippen LogP contribution < -0.4 is 0 Å². The highest BCUT2D eigenvalue weighted by Crippen LogP contribution is 2.14. The van der Waals surface area contributed by atoms with E-state index in [9.17, 15) is 4.79 Å². The number of nitrogens with zero attached hydrogens (tertiary/aromatic N) is 1. The van der Waals surface area contributed by atoms with E-state index in [0.29, 0.717) is 0 Å². The first-order chi connectivity index (χ1) is 7.77. The van der Waals surface area contributed by atoms with Crippen molar-refractivity contribution in [1.29, 1.82) is 0 Å². The molecule has 0 N–H and O–H groups in total. The van der Waals surface area contributed by atoms with Gasteiger partial charge in [0.25, 0.3) is 5.91 Å². The first-order valence-corrected chi connectivity index (χ1v) is 7.63. The molecule has 2 nitrogen and oxygen atoms in total. The SMILES string of the molecule is O=C(c1ccc(I)cc1)N1CCCSCC1. The van der Waals surface area contributed by atoms with E-state index in [-0.39, 0.29) is 5.91 Å². The Hall–Kier alpha value is -0.230. The van der Waals surface area contributed by atoms with Crippen LogP contribution in [0.3, 0.4) is 0 Å². The number of hydrogen-bond acceptors (Lipinski definition) is 2. The number of carbonyl (C=O) groups excluding carboxylic acids is 1. The minimum absolute atomic E-state index is 0.180. The van der Waals surface area contributed by atoms with Crippen LogP contribution in [0.15, 0.2) is 24.3 Å². The molecule has 0 atom stereocenters. The van der Waals surface area contributed by atoms with E-state index >= 15 is 0 Å². The first kappa shape index (κ1) is 12.2. The van der Waals surface area contributed by atoms with E-state index in [2.05, 4.69) is 22.6 Å². The van der Waals surface area contributed by atoms with Gasteiger partial charge in [0, 0.05) is 28.0 Å². The Morgan fingerprint density at radius 3 is 2.69 bits per heavy atom. The average molecular weight is 347 g/mol. The predicted octanol–water partition coefficient (Wildman–Crippen LogP) is 2.87. The highest BCUT2D eigenvalue weighted by molar-refractivity contribution is 14.1. The Morgan fingerprint density at radius 2 is 1.94 bits per heavy atom. The van der Waals surface area contributed by atoms with Crippen molar-refractivity contribution in [2.75, 3.05) is 24.6 Å². The molecule has 0 spiro atoms. The molecule has 0 aromatic heterocycles. The fourth-order valence-electron chi connectivity index (χ4n) is 1.72. The Balaban J connectivity index is 2.08. The summed E-state index contributed by atoms with van der Waals surface area (Å²) in [6.07, 6.45) is 1.11. The van der Waals surface area contributed by atoms with Crippen LogP contribution in [-0.4, -0.2) is 35.4 Å². The summed E-state index contributed by atoms with van der Waals surface area (Å²) in [4.78, 5) is 14.2. The third-order valence-corrected chi connectivity index (χ3v) is 4.37. The van der Waals surface area contributed by atoms with Gasteiger partial charge in [0.2, 0.25) is 0 Å². The van der Waals surface area contributed by atoms with Gasteiger partial charge >= 0.3 is 0 Å². The van der Waals surface area contributed by atoms with Crippen molar-refractivity contribution in [1.82, 2.24) is 4.90 Å². The minimum Gasteiger partial charge on any atom is -0.338 e. The summed E-state index contributed by atoms with van der Waals surface area (Å²) in [5.74, 6) is 2.42. The molecule has 1 aliphatic heterocycles. The Morgan fingerprint density at radius 1 is 1.19 bits per heavy atom. The molecule has 1 aromatic rings. The highest BCUT2D eigenvalue weighted by Gasteiger charge is 2.16. The molecular formula is C12H14INOS. The number of carbonyl (C=O) groups is 1. The second-order valence-corrected chi connectivity index (χ2v) is 6.24. The molecule has 1 fully saturated rings. The van der Waals surface area contributed by atoms with E-state index in [4.69, 9.17) is 0 Å². The molecule has 0 bridgehead atoms. The van der Waals surface area contributed by atoms with Crippen LogP contribution >= 0.6 is 34.4 Å². The first-order valence-electron chi connectivity index (χ1n) is 5.40. The third-order valence-electron chi connectivity index (χ3n) is 2.60. The number of amides is 1. The van der Waals surface area contributed by atoms with Crippen LogP contribution in [0.1, 0.15) is 16.8 Å². The lowest BCUT2D eigenvalue weighted by atomic mass is 10.2. The number of rotatable bonds is 1. The van der Waals surface area contributed by atoms with E-state index < -0.39 is 0 Å². The number of halogens is 1. The van der Waals surface area contributed by atoms with E-state index in [1.54, 1.807) is 0 Å². The molecule has 0 aliphatic carbocycles. The van der Waals surface area contributed by atoms with Crippen LogP contribution in [0, 0.1) is 3.57 Å². The van der Waals surface area contributed by atoms with Crippen molar-refractivity contribution in [2.24, 2.45) is 0 Å². The summed E-state index contributed by atoms with van der Waals surface area (Å²) in [7, 11) is 0. The normalized spacial score (nSPS) is 16.9. The Kier molecular flexibility index (Phi) is 4.52. The fourth-order valence-corrected chi connectivity index (χ4v) is 2.97. The molecule has 1 heterocycles. The van der Waals surface area contributed by atoms with Crippen molar-refractivity contribution in [3.05, 3.63) is 33.4 Å². The van der Waals surface area contributed by atoms with Gasteiger partial charge in [0.15, 0.2) is 0 Å². The predicted molar refractivity (Wildman–Crippen MR) is 77.0 cm³/mol. The number of thioether (sulfide) groups is 1. The molecular weight excluding hydrogens is 333 g/mol. The van der Waals surface area contributed by atoms with Gasteiger partial charge in [0.1, 0.15) is 0 Å². The van der Waals surface area contributed by atoms with Crippen LogP contribution in [0.2, 0.25) is 0 Å². The van der Waals surface area contributed by atoms with Crippen LogP contribution in [0.4, 0.5) is 0 Å². The molecule has 4 heteroatoms. The zero-order chi connectivity index (χ0) is 11.4. The van der Waals surface area contributed by atoms with Gasteiger partial charge in [0.05, 0.1) is 0 Å². The summed E-state index contributed by atoms with van der Waals surface area (Å²) in [6.45, 7) is 1.79. The Labute approximate surface area is 114 Å². The van der Waals surface area contributed by atoms with Gasteiger partial charge in [-0.15, -0.1) is 0 Å². The van der Waals surface area contributed by atoms with Crippen molar-refractivity contribution in [2.45, 2.75) is 6.42 Å². The molecule has 0 unspecified atom stereocenters. The van der Waals surface area contributed by atoms with E-state index in [0.717, 1.165) is 30.8 Å². The second-order valence-electron chi connectivity index (χ2n) is 3.77. The maximum absolute atomic E-state index is 12.2. The van der Waals surface area contributed by atoms with Crippen molar-refractivity contribution >= 4 is 40.3 Å².